The minimum absolute atomic E-state index is 0. The number of nitrogens with two attached hydrogens (primary N) is 1. The van der Waals surface area contributed by atoms with Crippen molar-refractivity contribution in [2.75, 3.05) is 11.1 Å². The third-order valence-electron chi connectivity index (χ3n) is 5.65. The molecule has 21 nitrogen and oxygen atoms in total. The van der Waals surface area contributed by atoms with Crippen molar-refractivity contribution >= 4 is 72.6 Å². The summed E-state index contributed by atoms with van der Waals surface area (Å²) in [5.74, 6) is -3.12. The van der Waals surface area contributed by atoms with Gasteiger partial charge in [0, 0.05) is 16.7 Å². The Balaban J connectivity index is 0.00000625. The molecule has 29 heteroatoms. The van der Waals surface area contributed by atoms with E-state index in [1.807, 2.05) is 0 Å². The Kier molecular flexibility index (Phi) is 21.3. The minimum Gasteiger partial charge on any atom is -0.744 e. The normalized spacial score (nSPS) is 11.7. The Morgan fingerprint density at radius 1 is 1.02 bits per heavy atom. The first-order valence-electron chi connectivity index (χ1n) is 11.9. The van der Waals surface area contributed by atoms with E-state index >= 15 is 0 Å². The smallest absolute Gasteiger partial charge is 0.744 e. The number of aromatic nitrogens is 3. The van der Waals surface area contributed by atoms with Gasteiger partial charge >= 0.3 is 118 Å². The molecule has 0 bridgehead atoms. The summed E-state index contributed by atoms with van der Waals surface area (Å²) in [5.41, 5.74) is 4.90. The second kappa shape index (κ2) is 21.5. The van der Waals surface area contributed by atoms with E-state index in [9.17, 15) is 49.9 Å². The molecule has 2 heterocycles. The number of pyridine rings is 1. The van der Waals surface area contributed by atoms with Crippen LogP contribution in [0.15, 0.2) is 73.6 Å². The molecule has 0 aliphatic rings. The molecule has 0 fully saturated rings. The van der Waals surface area contributed by atoms with Gasteiger partial charge in [0.15, 0.2) is 28.8 Å². The Bertz CT molecular complexity index is 2160. The molecule has 0 saturated heterocycles. The van der Waals surface area contributed by atoms with Crippen LogP contribution in [0.1, 0.15) is 16.1 Å². The standard InChI is InChI=1S/C22H19N7O14S4.4Na/c1-10-18(20(23)29(28-10)16-9-13(46(35,36)37)2-3-17(16)41-45(33)34)27-26-15-4-5-24-21(19(15)30)25-22(31)11-6-12(44-43-42-32)8-14(7-11)47(38,39)40;;;;/h2-9,30,32H,23H2,1H3,(H,33,34)(H,24,25,31)(H,35,36,37)(H,38,39,40);;;;/q;4*+1/p-4. The van der Waals surface area contributed by atoms with Gasteiger partial charge in [0.05, 0.1) is 27.5 Å². The molecular weight excluding hydrogens is 807 g/mol. The quantitative estimate of drug-likeness (QED) is 0.0227. The van der Waals surface area contributed by atoms with Gasteiger partial charge in [0.2, 0.25) is 0 Å². The van der Waals surface area contributed by atoms with Crippen molar-refractivity contribution in [3.05, 3.63) is 59.9 Å². The molecule has 0 saturated carbocycles. The number of aryl methyl sites for hydroxylation is 1. The largest absolute Gasteiger partial charge is 1.00 e. The zero-order valence-electron chi connectivity index (χ0n) is 26.8. The Morgan fingerprint density at radius 2 is 1.67 bits per heavy atom. The number of azo groups is 1. The number of aromatic hydroxyl groups is 1. The van der Waals surface area contributed by atoms with Gasteiger partial charge in [-0.25, -0.2) is 30.7 Å². The van der Waals surface area contributed by atoms with Gasteiger partial charge in [-0.15, -0.1) is 10.2 Å². The molecule has 51 heavy (non-hydrogen) atoms. The maximum Gasteiger partial charge on any atom is 1.00 e. The van der Waals surface area contributed by atoms with E-state index in [4.69, 9.17) is 5.73 Å². The van der Waals surface area contributed by atoms with E-state index in [0.29, 0.717) is 0 Å². The van der Waals surface area contributed by atoms with Crippen LogP contribution in [-0.4, -0.2) is 60.5 Å². The van der Waals surface area contributed by atoms with Crippen LogP contribution in [0.4, 0.5) is 23.0 Å². The van der Waals surface area contributed by atoms with Gasteiger partial charge in [0.25, 0.3) is 5.91 Å². The predicted octanol–water partition coefficient (Wildman–Crippen LogP) is -11.2. The molecule has 2 aromatic carbocycles. The molecule has 4 N–H and O–H groups in total. The number of carbonyl (C=O) groups is 1. The van der Waals surface area contributed by atoms with Crippen LogP contribution in [0.2, 0.25) is 0 Å². The molecule has 1 atom stereocenters. The summed E-state index contributed by atoms with van der Waals surface area (Å²) in [6, 6.07) is 6.19. The van der Waals surface area contributed by atoms with Gasteiger partial charge in [-0.05, 0) is 49.4 Å². The number of rotatable bonds is 12. The number of nitrogen functional groups attached to an aromatic ring is 1. The number of benzene rings is 2. The van der Waals surface area contributed by atoms with E-state index in [2.05, 4.69) is 39.2 Å². The molecule has 250 valence electrons. The first kappa shape index (κ1) is 50.4. The van der Waals surface area contributed by atoms with Crippen molar-refractivity contribution in [1.82, 2.24) is 14.8 Å². The van der Waals surface area contributed by atoms with Crippen LogP contribution in [-0.2, 0) is 41.0 Å². The number of amides is 1. The predicted molar refractivity (Wildman–Crippen MR) is 151 cm³/mol. The van der Waals surface area contributed by atoms with Crippen LogP contribution in [0, 0.1) is 6.92 Å². The summed E-state index contributed by atoms with van der Waals surface area (Å²) < 4.78 is 101. The zero-order chi connectivity index (χ0) is 34.7. The molecule has 1 unspecified atom stereocenters. The molecule has 0 spiro atoms. The van der Waals surface area contributed by atoms with Crippen LogP contribution in [0.25, 0.3) is 5.69 Å². The summed E-state index contributed by atoms with van der Waals surface area (Å²) >= 11 is -2.92. The number of carbonyl (C=O) groups excluding carboxylic acids is 1. The molecule has 0 radical (unpaired) electrons. The topological polar surface area (TPSA) is 336 Å². The minimum atomic E-state index is -5.07. The van der Waals surface area contributed by atoms with E-state index in [1.165, 1.54) is 6.92 Å². The Hall–Kier alpha value is -0.570. The summed E-state index contributed by atoms with van der Waals surface area (Å²) in [7, 11) is -10.1. The fraction of sp³-hybridized carbons (Fsp3) is 0.0455. The first-order valence-corrected chi connectivity index (χ1v) is 16.4. The second-order valence-corrected chi connectivity index (χ2v) is 12.8. The molecular formula is C22H15N7Na4O14S4. The molecule has 4 rings (SSSR count). The Morgan fingerprint density at radius 3 is 2.25 bits per heavy atom. The molecule has 0 aliphatic carbocycles. The van der Waals surface area contributed by atoms with E-state index < -0.39 is 70.2 Å². The van der Waals surface area contributed by atoms with Gasteiger partial charge in [-0.1, -0.05) is 0 Å². The van der Waals surface area contributed by atoms with Crippen LogP contribution >= 0.6 is 12.0 Å². The zero-order valence-corrected chi connectivity index (χ0v) is 38.1. The SMILES string of the molecule is Cc1nn(-c2cc(S(=O)(=O)[O-])ccc2OS(=O)[O-])c(N)c1N=Nc1ccnc(NC(=O)c2cc(SOO[O-])cc(S(=O)(=O)[O-])c2)c1O.[Na+].[Na+].[Na+].[Na+]. The summed E-state index contributed by atoms with van der Waals surface area (Å²) in [6.45, 7) is 1.39. The van der Waals surface area contributed by atoms with Crippen molar-refractivity contribution in [2.24, 2.45) is 10.2 Å². The van der Waals surface area contributed by atoms with Crippen LogP contribution < -0.4 is 139 Å². The number of anilines is 2. The maximum absolute atomic E-state index is 12.9. The molecule has 4 aromatic rings. The van der Waals surface area contributed by atoms with Crippen molar-refractivity contribution in [3.8, 4) is 17.2 Å². The Labute approximate surface area is 383 Å². The van der Waals surface area contributed by atoms with Crippen molar-refractivity contribution < 1.29 is 182 Å². The molecule has 1 amide bonds. The van der Waals surface area contributed by atoms with E-state index in [1.54, 1.807) is 0 Å². The van der Waals surface area contributed by atoms with Gasteiger partial charge in [-0.3, -0.25) is 9.83 Å². The van der Waals surface area contributed by atoms with Crippen LogP contribution in [0.3, 0.4) is 0 Å². The summed E-state index contributed by atoms with van der Waals surface area (Å²) in [6.07, 6.45) is 1.09. The number of hydrogen-bond acceptors (Lipinski definition) is 20. The van der Waals surface area contributed by atoms with E-state index in [0.717, 1.165) is 53.3 Å². The number of hydrogen-bond donors (Lipinski definition) is 3. The first-order chi connectivity index (χ1) is 22.0. The maximum atomic E-state index is 12.9. The third-order valence-corrected chi connectivity index (χ3v) is 8.16. The van der Waals surface area contributed by atoms with Gasteiger partial charge < -0.3 is 39.3 Å². The number of nitrogens with one attached hydrogen (secondary N) is 1. The fourth-order valence-corrected chi connectivity index (χ4v) is 5.51. The van der Waals surface area contributed by atoms with Crippen molar-refractivity contribution in [3.63, 3.8) is 0 Å². The van der Waals surface area contributed by atoms with Crippen LogP contribution in [0.5, 0.6) is 11.5 Å². The second-order valence-electron chi connectivity index (χ2n) is 8.65. The molecule has 2 aromatic heterocycles. The van der Waals surface area contributed by atoms with Gasteiger partial charge in [0.1, 0.15) is 43.0 Å². The molecule has 0 aliphatic heterocycles. The third kappa shape index (κ3) is 13.3. The number of nitrogens with zero attached hydrogens (tertiary/aromatic N) is 5. The van der Waals surface area contributed by atoms with Gasteiger partial charge in [-0.2, -0.15) is 9.43 Å². The average molecular weight is 822 g/mol. The monoisotopic (exact) mass is 821 g/mol. The average Bonchev–Trinajstić information content (AvgIpc) is 3.27. The summed E-state index contributed by atoms with van der Waals surface area (Å²) in [5, 5.41) is 38.1. The summed E-state index contributed by atoms with van der Waals surface area (Å²) in [4.78, 5) is 14.9. The van der Waals surface area contributed by atoms with Crippen molar-refractivity contribution in [2.45, 2.75) is 21.6 Å². The fourth-order valence-electron chi connectivity index (χ4n) is 3.65. The van der Waals surface area contributed by atoms with Crippen molar-refractivity contribution in [1.29, 1.82) is 0 Å². The van der Waals surface area contributed by atoms with E-state index in [-0.39, 0.29) is 164 Å².